The lowest BCUT2D eigenvalue weighted by molar-refractivity contribution is -0.0656. The molecule has 0 radical (unpaired) electrons. The number of nitroso groups, excluding NO2 is 1. The molecule has 0 spiro atoms. The van der Waals surface area contributed by atoms with E-state index in [2.05, 4.69) is 5.29 Å². The van der Waals surface area contributed by atoms with Gasteiger partial charge in [-0.1, -0.05) is 23.7 Å². The number of halogens is 1. The number of hydrogen-bond donors (Lipinski definition) is 0. The standard InChI is InChI=1S/C11H15ClN2O3/c1-14(13-15)11(17-7-6-16-2)9-4-3-5-10(12)8-9/h3-5,8,11H,6-7H2,1-2H3. The molecule has 0 bridgehead atoms. The second kappa shape index (κ2) is 7.21. The maximum absolute atomic E-state index is 10.6. The molecular formula is C11H15ClN2O3. The van der Waals surface area contributed by atoms with E-state index in [-0.39, 0.29) is 0 Å². The molecule has 0 aliphatic rings. The molecule has 0 amide bonds. The third-order valence-electron chi connectivity index (χ3n) is 2.17. The van der Waals surface area contributed by atoms with E-state index >= 15 is 0 Å². The molecule has 0 N–H and O–H groups in total. The van der Waals surface area contributed by atoms with Gasteiger partial charge in [-0.3, -0.25) is 0 Å². The summed E-state index contributed by atoms with van der Waals surface area (Å²) in [7, 11) is 3.13. The Morgan fingerprint density at radius 1 is 1.47 bits per heavy atom. The van der Waals surface area contributed by atoms with Crippen molar-refractivity contribution in [3.05, 3.63) is 39.8 Å². The highest BCUT2D eigenvalue weighted by Crippen LogP contribution is 2.23. The molecule has 6 heteroatoms. The molecule has 0 fully saturated rings. The minimum atomic E-state index is -0.554. The van der Waals surface area contributed by atoms with Gasteiger partial charge < -0.3 is 9.47 Å². The fourth-order valence-electron chi connectivity index (χ4n) is 1.37. The van der Waals surface area contributed by atoms with Crippen molar-refractivity contribution in [2.75, 3.05) is 27.4 Å². The second-order valence-corrected chi connectivity index (χ2v) is 3.86. The average Bonchev–Trinajstić information content (AvgIpc) is 2.34. The summed E-state index contributed by atoms with van der Waals surface area (Å²) in [5.41, 5.74) is 0.774. The van der Waals surface area contributed by atoms with E-state index in [4.69, 9.17) is 21.1 Å². The number of rotatable bonds is 7. The normalized spacial score (nSPS) is 12.2. The first kappa shape index (κ1) is 13.9. The molecule has 5 nitrogen and oxygen atoms in total. The first-order valence-electron chi connectivity index (χ1n) is 5.11. The molecule has 1 atom stereocenters. The molecular weight excluding hydrogens is 244 g/mol. The zero-order chi connectivity index (χ0) is 12.7. The van der Waals surface area contributed by atoms with Crippen LogP contribution in [0.3, 0.4) is 0 Å². The molecule has 17 heavy (non-hydrogen) atoms. The molecule has 1 unspecified atom stereocenters. The third kappa shape index (κ3) is 4.30. The van der Waals surface area contributed by atoms with E-state index in [1.807, 2.05) is 6.07 Å². The summed E-state index contributed by atoms with van der Waals surface area (Å²) < 4.78 is 10.4. The molecule has 1 rings (SSSR count). The van der Waals surface area contributed by atoms with Gasteiger partial charge in [0, 0.05) is 24.7 Å². The number of nitrogens with zero attached hydrogens (tertiary/aromatic N) is 2. The molecule has 1 aromatic carbocycles. The highest BCUT2D eigenvalue weighted by Gasteiger charge is 2.17. The van der Waals surface area contributed by atoms with Crippen molar-refractivity contribution >= 4 is 11.6 Å². The van der Waals surface area contributed by atoms with E-state index in [1.165, 1.54) is 5.01 Å². The van der Waals surface area contributed by atoms with Crippen LogP contribution in [0.2, 0.25) is 5.02 Å². The lowest BCUT2D eigenvalue weighted by Gasteiger charge is -2.23. The van der Waals surface area contributed by atoms with Crippen LogP contribution in [0.15, 0.2) is 29.6 Å². The highest BCUT2D eigenvalue weighted by molar-refractivity contribution is 6.30. The van der Waals surface area contributed by atoms with Gasteiger partial charge in [0.25, 0.3) is 0 Å². The van der Waals surface area contributed by atoms with Gasteiger partial charge in [-0.15, -0.1) is 4.91 Å². The van der Waals surface area contributed by atoms with Crippen molar-refractivity contribution in [1.82, 2.24) is 5.01 Å². The van der Waals surface area contributed by atoms with Crippen molar-refractivity contribution in [2.24, 2.45) is 5.29 Å². The topological polar surface area (TPSA) is 51.1 Å². The predicted molar refractivity (Wildman–Crippen MR) is 65.6 cm³/mol. The fraction of sp³-hybridized carbons (Fsp3) is 0.455. The van der Waals surface area contributed by atoms with Crippen LogP contribution >= 0.6 is 11.6 Å². The second-order valence-electron chi connectivity index (χ2n) is 3.43. The number of ether oxygens (including phenoxy) is 2. The van der Waals surface area contributed by atoms with Gasteiger partial charge in [-0.25, -0.2) is 5.01 Å². The molecule has 94 valence electrons. The quantitative estimate of drug-likeness (QED) is 0.326. The molecule has 0 heterocycles. The van der Waals surface area contributed by atoms with Crippen molar-refractivity contribution in [1.29, 1.82) is 0 Å². The Bertz CT molecular complexity index is 362. The summed E-state index contributed by atoms with van der Waals surface area (Å²) in [5.74, 6) is 0. The van der Waals surface area contributed by atoms with Crippen LogP contribution in [0.5, 0.6) is 0 Å². The summed E-state index contributed by atoms with van der Waals surface area (Å²) in [6.45, 7) is 0.817. The first-order valence-corrected chi connectivity index (χ1v) is 5.49. The molecule has 0 aliphatic heterocycles. The predicted octanol–water partition coefficient (Wildman–Crippen LogP) is 2.61. The summed E-state index contributed by atoms with van der Waals surface area (Å²) in [6, 6.07) is 7.11. The summed E-state index contributed by atoms with van der Waals surface area (Å²) >= 11 is 5.89. The summed E-state index contributed by atoms with van der Waals surface area (Å²) in [6.07, 6.45) is -0.554. The van der Waals surface area contributed by atoms with Gasteiger partial charge in [0.05, 0.1) is 18.5 Å². The van der Waals surface area contributed by atoms with E-state index in [0.29, 0.717) is 18.2 Å². The Morgan fingerprint density at radius 2 is 2.24 bits per heavy atom. The highest BCUT2D eigenvalue weighted by atomic mass is 35.5. The maximum atomic E-state index is 10.6. The third-order valence-corrected chi connectivity index (χ3v) is 2.40. The Kier molecular flexibility index (Phi) is 5.90. The zero-order valence-electron chi connectivity index (χ0n) is 9.80. The summed E-state index contributed by atoms with van der Waals surface area (Å²) in [5, 5.41) is 4.63. The van der Waals surface area contributed by atoms with Gasteiger partial charge >= 0.3 is 0 Å². The molecule has 0 aliphatic carbocycles. The van der Waals surface area contributed by atoms with E-state index in [1.54, 1.807) is 32.4 Å². The lowest BCUT2D eigenvalue weighted by Crippen LogP contribution is -2.23. The van der Waals surface area contributed by atoms with Crippen LogP contribution in [0.1, 0.15) is 11.8 Å². The van der Waals surface area contributed by atoms with Crippen LogP contribution in [0.4, 0.5) is 0 Å². The van der Waals surface area contributed by atoms with Gasteiger partial charge in [0.1, 0.15) is 0 Å². The van der Waals surface area contributed by atoms with Crippen molar-refractivity contribution < 1.29 is 9.47 Å². The minimum absolute atomic E-state index is 0.369. The monoisotopic (exact) mass is 258 g/mol. The number of benzene rings is 1. The Labute approximate surface area is 105 Å². The van der Waals surface area contributed by atoms with E-state index in [0.717, 1.165) is 5.56 Å². The Morgan fingerprint density at radius 3 is 2.82 bits per heavy atom. The van der Waals surface area contributed by atoms with Crippen LogP contribution in [-0.2, 0) is 9.47 Å². The summed E-state index contributed by atoms with van der Waals surface area (Å²) in [4.78, 5) is 10.6. The van der Waals surface area contributed by atoms with Crippen LogP contribution in [-0.4, -0.2) is 32.4 Å². The Balaban J connectivity index is 2.78. The van der Waals surface area contributed by atoms with Crippen molar-refractivity contribution in [3.63, 3.8) is 0 Å². The molecule has 1 aromatic rings. The fourth-order valence-corrected chi connectivity index (χ4v) is 1.56. The zero-order valence-corrected chi connectivity index (χ0v) is 10.6. The van der Waals surface area contributed by atoms with Gasteiger partial charge in [-0.2, -0.15) is 0 Å². The minimum Gasteiger partial charge on any atom is -0.382 e. The number of hydrogen-bond acceptors (Lipinski definition) is 4. The molecule has 0 aromatic heterocycles. The van der Waals surface area contributed by atoms with E-state index < -0.39 is 6.23 Å². The van der Waals surface area contributed by atoms with Gasteiger partial charge in [0.2, 0.25) is 0 Å². The average molecular weight is 259 g/mol. The largest absolute Gasteiger partial charge is 0.382 e. The van der Waals surface area contributed by atoms with Gasteiger partial charge in [0.15, 0.2) is 6.23 Å². The van der Waals surface area contributed by atoms with Crippen LogP contribution < -0.4 is 0 Å². The smallest absolute Gasteiger partial charge is 0.174 e. The molecule has 0 saturated heterocycles. The Hall–Kier alpha value is -1.17. The lowest BCUT2D eigenvalue weighted by atomic mass is 10.2. The van der Waals surface area contributed by atoms with Gasteiger partial charge in [-0.05, 0) is 12.1 Å². The SMILES string of the molecule is COCCOC(c1cccc(Cl)c1)N(C)N=O. The van der Waals surface area contributed by atoms with Crippen molar-refractivity contribution in [3.8, 4) is 0 Å². The first-order chi connectivity index (χ1) is 8.19. The van der Waals surface area contributed by atoms with Crippen LogP contribution in [0, 0.1) is 4.91 Å². The molecule has 0 saturated carbocycles. The van der Waals surface area contributed by atoms with Crippen LogP contribution in [0.25, 0.3) is 0 Å². The maximum Gasteiger partial charge on any atom is 0.174 e. The number of methoxy groups -OCH3 is 1. The van der Waals surface area contributed by atoms with Crippen molar-refractivity contribution in [2.45, 2.75) is 6.23 Å². The van der Waals surface area contributed by atoms with E-state index in [9.17, 15) is 4.91 Å².